The number of aromatic nitrogens is 1. The number of carboxylic acid groups (broad SMARTS) is 1. The summed E-state index contributed by atoms with van der Waals surface area (Å²) in [5, 5.41) is 16.2. The molecule has 2 aliphatic carbocycles. The first-order chi connectivity index (χ1) is 13.5. The van der Waals surface area contributed by atoms with Crippen molar-refractivity contribution in [2.45, 2.75) is 58.8 Å². The van der Waals surface area contributed by atoms with Gasteiger partial charge in [0.25, 0.3) is 5.91 Å². The van der Waals surface area contributed by atoms with Crippen LogP contribution in [0.25, 0.3) is 10.6 Å². The van der Waals surface area contributed by atoms with Gasteiger partial charge in [-0.05, 0) is 56.9 Å². The van der Waals surface area contributed by atoms with Crippen LogP contribution in [0.3, 0.4) is 0 Å². The number of carbonyl (C=O) groups is 2. The van der Waals surface area contributed by atoms with Crippen LogP contribution in [0.4, 0.5) is 5.00 Å². The van der Waals surface area contributed by atoms with Gasteiger partial charge in [-0.3, -0.25) is 4.79 Å². The van der Waals surface area contributed by atoms with E-state index in [1.54, 1.807) is 22.7 Å². The van der Waals surface area contributed by atoms with Gasteiger partial charge in [-0.25, -0.2) is 9.78 Å². The first kappa shape index (κ1) is 19.3. The maximum Gasteiger partial charge on any atom is 0.332 e. The van der Waals surface area contributed by atoms with Crippen molar-refractivity contribution in [2.24, 2.45) is 5.92 Å². The number of carboxylic acids is 1. The maximum atomic E-state index is 12.9. The SMILES string of the molecule is CC[C@@H]1CCc2c(sc(NC(=O)C3=C(C(=O)O)CCC3)c2-c2nc(C)cs2)C1. The summed E-state index contributed by atoms with van der Waals surface area (Å²) >= 11 is 3.25. The summed E-state index contributed by atoms with van der Waals surface area (Å²) in [5.74, 6) is -0.554. The normalized spacial score (nSPS) is 19.0. The zero-order valence-corrected chi connectivity index (χ0v) is 17.8. The minimum Gasteiger partial charge on any atom is -0.478 e. The summed E-state index contributed by atoms with van der Waals surface area (Å²) in [6.07, 6.45) is 6.11. The van der Waals surface area contributed by atoms with Gasteiger partial charge in [0.05, 0.1) is 0 Å². The molecule has 1 amide bonds. The molecule has 2 aromatic rings. The molecule has 2 heterocycles. The molecule has 2 N–H and O–H groups in total. The van der Waals surface area contributed by atoms with E-state index < -0.39 is 5.97 Å². The molecule has 0 bridgehead atoms. The zero-order valence-electron chi connectivity index (χ0n) is 16.1. The number of carbonyl (C=O) groups excluding carboxylic acids is 1. The van der Waals surface area contributed by atoms with Gasteiger partial charge in [0, 0.05) is 32.7 Å². The summed E-state index contributed by atoms with van der Waals surface area (Å²) in [5.41, 5.74) is 4.03. The Morgan fingerprint density at radius 1 is 1.29 bits per heavy atom. The zero-order chi connectivity index (χ0) is 19.8. The predicted molar refractivity (Wildman–Crippen MR) is 113 cm³/mol. The predicted octanol–water partition coefficient (Wildman–Crippen LogP) is 5.20. The van der Waals surface area contributed by atoms with Gasteiger partial charge >= 0.3 is 5.97 Å². The lowest BCUT2D eigenvalue weighted by Gasteiger charge is -2.21. The van der Waals surface area contributed by atoms with Gasteiger partial charge in [-0.2, -0.15) is 0 Å². The van der Waals surface area contributed by atoms with Crippen molar-refractivity contribution in [1.29, 1.82) is 0 Å². The van der Waals surface area contributed by atoms with Crippen molar-refractivity contribution in [2.75, 3.05) is 5.32 Å². The van der Waals surface area contributed by atoms with Crippen molar-refractivity contribution in [3.63, 3.8) is 0 Å². The first-order valence-corrected chi connectivity index (χ1v) is 11.5. The molecule has 7 heteroatoms. The Morgan fingerprint density at radius 2 is 2.07 bits per heavy atom. The molecule has 0 spiro atoms. The number of amides is 1. The Hall–Kier alpha value is -1.99. The number of thiophene rings is 1. The van der Waals surface area contributed by atoms with E-state index in [9.17, 15) is 14.7 Å². The number of hydrogen-bond acceptors (Lipinski definition) is 5. The van der Waals surface area contributed by atoms with E-state index in [1.807, 2.05) is 12.3 Å². The molecule has 0 unspecified atom stereocenters. The van der Waals surface area contributed by atoms with Gasteiger partial charge < -0.3 is 10.4 Å². The van der Waals surface area contributed by atoms with Gasteiger partial charge in [0.15, 0.2) is 0 Å². The minimum atomic E-state index is -0.977. The molecule has 0 fully saturated rings. The topological polar surface area (TPSA) is 79.3 Å². The number of aliphatic carboxylic acids is 1. The van der Waals surface area contributed by atoms with Crippen LogP contribution in [0.15, 0.2) is 16.5 Å². The van der Waals surface area contributed by atoms with Gasteiger partial charge in [-0.1, -0.05) is 13.3 Å². The van der Waals surface area contributed by atoms with Crippen LogP contribution in [0.1, 0.15) is 55.2 Å². The summed E-state index contributed by atoms with van der Waals surface area (Å²) < 4.78 is 0. The number of nitrogens with one attached hydrogen (secondary N) is 1. The lowest BCUT2D eigenvalue weighted by molar-refractivity contribution is -0.133. The third-order valence-electron chi connectivity index (χ3n) is 5.75. The Kier molecular flexibility index (Phi) is 5.38. The summed E-state index contributed by atoms with van der Waals surface area (Å²) in [6, 6.07) is 0. The Morgan fingerprint density at radius 3 is 2.75 bits per heavy atom. The third kappa shape index (κ3) is 3.53. The molecular formula is C21H24N2O3S2. The first-order valence-electron chi connectivity index (χ1n) is 9.81. The van der Waals surface area contributed by atoms with E-state index in [0.717, 1.165) is 40.5 Å². The second kappa shape index (κ2) is 7.79. The third-order valence-corrected chi connectivity index (χ3v) is 7.90. The van der Waals surface area contributed by atoms with Crippen LogP contribution >= 0.6 is 22.7 Å². The van der Waals surface area contributed by atoms with E-state index in [-0.39, 0.29) is 11.5 Å². The van der Waals surface area contributed by atoms with Crippen molar-refractivity contribution in [3.05, 3.63) is 32.7 Å². The smallest absolute Gasteiger partial charge is 0.332 e. The van der Waals surface area contributed by atoms with Crippen LogP contribution in [0, 0.1) is 12.8 Å². The molecule has 28 heavy (non-hydrogen) atoms. The number of thiazole rings is 1. The van der Waals surface area contributed by atoms with Crippen LogP contribution in [0.5, 0.6) is 0 Å². The van der Waals surface area contributed by atoms with Crippen LogP contribution in [-0.4, -0.2) is 22.0 Å². The molecule has 0 saturated carbocycles. The molecular weight excluding hydrogens is 392 g/mol. The van der Waals surface area contributed by atoms with Crippen molar-refractivity contribution >= 4 is 39.6 Å². The van der Waals surface area contributed by atoms with Gasteiger partial charge in [-0.15, -0.1) is 22.7 Å². The fourth-order valence-electron chi connectivity index (χ4n) is 4.19. The average molecular weight is 417 g/mol. The highest BCUT2D eigenvalue weighted by Crippen LogP contribution is 2.46. The fourth-order valence-corrected chi connectivity index (χ4v) is 6.49. The lowest BCUT2D eigenvalue weighted by Crippen LogP contribution is -2.16. The number of fused-ring (bicyclic) bond motifs is 1. The van der Waals surface area contributed by atoms with Crippen molar-refractivity contribution in [3.8, 4) is 10.6 Å². The Labute approximate surface area is 172 Å². The van der Waals surface area contributed by atoms with Gasteiger partial charge in [0.1, 0.15) is 10.0 Å². The molecule has 5 nitrogen and oxygen atoms in total. The molecule has 0 radical (unpaired) electrons. The second-order valence-corrected chi connectivity index (χ2v) is 9.55. The minimum absolute atomic E-state index is 0.261. The van der Waals surface area contributed by atoms with Crippen LogP contribution in [0.2, 0.25) is 0 Å². The maximum absolute atomic E-state index is 12.9. The number of hydrogen-bond donors (Lipinski definition) is 2. The molecule has 0 aliphatic heterocycles. The molecule has 2 aromatic heterocycles. The Bertz CT molecular complexity index is 970. The van der Waals surface area contributed by atoms with E-state index >= 15 is 0 Å². The quantitative estimate of drug-likeness (QED) is 0.702. The molecule has 2 aliphatic rings. The van der Waals surface area contributed by atoms with E-state index in [2.05, 4.69) is 17.2 Å². The van der Waals surface area contributed by atoms with Crippen LogP contribution < -0.4 is 5.32 Å². The van der Waals surface area contributed by atoms with Crippen molar-refractivity contribution in [1.82, 2.24) is 4.98 Å². The Balaban J connectivity index is 1.72. The largest absolute Gasteiger partial charge is 0.478 e. The average Bonchev–Trinajstić information content (AvgIpc) is 3.38. The molecule has 1 atom stereocenters. The standard InChI is InChI=1S/C21H24N2O3S2/c1-3-12-7-8-15-16(9-12)28-20(17(15)19-22-11(2)10-27-19)23-18(24)13-5-4-6-14(13)21(25)26/h10,12H,3-9H2,1-2H3,(H,23,24)(H,25,26)/t12-/m1/s1. The van der Waals surface area contributed by atoms with Crippen LogP contribution in [-0.2, 0) is 22.4 Å². The van der Waals surface area contributed by atoms with Gasteiger partial charge in [0.2, 0.25) is 0 Å². The highest BCUT2D eigenvalue weighted by Gasteiger charge is 2.30. The lowest BCUT2D eigenvalue weighted by atomic mass is 9.86. The molecule has 148 valence electrons. The van der Waals surface area contributed by atoms with Crippen molar-refractivity contribution < 1.29 is 14.7 Å². The van der Waals surface area contributed by atoms with E-state index in [1.165, 1.54) is 23.3 Å². The molecule has 0 aromatic carbocycles. The number of aryl methyl sites for hydroxylation is 1. The highest BCUT2D eigenvalue weighted by molar-refractivity contribution is 7.18. The fraction of sp³-hybridized carbons (Fsp3) is 0.476. The number of nitrogens with zero attached hydrogens (tertiary/aromatic N) is 1. The molecule has 0 saturated heterocycles. The summed E-state index contributed by atoms with van der Waals surface area (Å²) in [4.78, 5) is 30.4. The summed E-state index contributed by atoms with van der Waals surface area (Å²) in [6.45, 7) is 4.21. The monoisotopic (exact) mass is 416 g/mol. The van der Waals surface area contributed by atoms with E-state index in [0.29, 0.717) is 24.3 Å². The van der Waals surface area contributed by atoms with E-state index in [4.69, 9.17) is 0 Å². The highest BCUT2D eigenvalue weighted by atomic mass is 32.1. The number of rotatable bonds is 5. The summed E-state index contributed by atoms with van der Waals surface area (Å²) in [7, 11) is 0. The number of anilines is 1. The molecule has 4 rings (SSSR count). The second-order valence-electron chi connectivity index (χ2n) is 7.59.